The van der Waals surface area contributed by atoms with Gasteiger partial charge in [0.25, 0.3) is 0 Å². The molecule has 0 spiro atoms. The van der Waals surface area contributed by atoms with Gasteiger partial charge >= 0.3 is 0 Å². The monoisotopic (exact) mass is 326 g/mol. The van der Waals surface area contributed by atoms with Crippen molar-refractivity contribution < 1.29 is 17.9 Å². The number of ether oxygens (including phenoxy) is 1. The highest BCUT2D eigenvalue weighted by Crippen LogP contribution is 2.26. The number of nitrogens with zero attached hydrogens (tertiary/aromatic N) is 1. The minimum absolute atomic E-state index is 0.121. The van der Waals surface area contributed by atoms with E-state index in [4.69, 9.17) is 4.74 Å². The van der Waals surface area contributed by atoms with Gasteiger partial charge in [0, 0.05) is 6.54 Å². The van der Waals surface area contributed by atoms with E-state index < -0.39 is 10.0 Å². The lowest BCUT2D eigenvalue weighted by molar-refractivity contribution is -0.116. The third-order valence-electron chi connectivity index (χ3n) is 3.40. The van der Waals surface area contributed by atoms with Crippen molar-refractivity contribution in [1.82, 2.24) is 4.31 Å². The number of hydrogen-bond donors (Lipinski definition) is 1. The van der Waals surface area contributed by atoms with Crippen LogP contribution in [0.4, 0.5) is 5.69 Å². The molecule has 0 atom stereocenters. The Bertz CT molecular complexity index is 643. The minimum atomic E-state index is -3.26. The van der Waals surface area contributed by atoms with Crippen LogP contribution in [0.1, 0.15) is 25.3 Å². The zero-order chi connectivity index (χ0) is 16.2. The maximum absolute atomic E-state index is 12.1. The fourth-order valence-electron chi connectivity index (χ4n) is 2.28. The van der Waals surface area contributed by atoms with E-state index in [0.29, 0.717) is 31.0 Å². The van der Waals surface area contributed by atoms with Gasteiger partial charge in [0.2, 0.25) is 15.9 Å². The summed E-state index contributed by atoms with van der Waals surface area (Å²) in [6.07, 6.45) is 1.44. The SMILES string of the molecule is CCCOc1cc(C)ccc1NC(=O)CN1CCCS1(=O)=O. The summed E-state index contributed by atoms with van der Waals surface area (Å²) < 4.78 is 30.3. The van der Waals surface area contributed by atoms with Crippen LogP contribution in [0.3, 0.4) is 0 Å². The molecule has 0 bridgehead atoms. The van der Waals surface area contributed by atoms with Crippen molar-refractivity contribution in [1.29, 1.82) is 0 Å². The average molecular weight is 326 g/mol. The second-order valence-electron chi connectivity index (χ2n) is 5.40. The molecule has 1 N–H and O–H groups in total. The highest BCUT2D eigenvalue weighted by molar-refractivity contribution is 7.89. The van der Waals surface area contributed by atoms with Gasteiger partial charge in [0.1, 0.15) is 5.75 Å². The molecule has 1 aliphatic heterocycles. The highest BCUT2D eigenvalue weighted by atomic mass is 32.2. The number of aryl methyl sites for hydroxylation is 1. The fraction of sp³-hybridized carbons (Fsp3) is 0.533. The van der Waals surface area contributed by atoms with Gasteiger partial charge in [-0.05, 0) is 37.5 Å². The van der Waals surface area contributed by atoms with E-state index in [9.17, 15) is 13.2 Å². The quantitative estimate of drug-likeness (QED) is 0.864. The largest absolute Gasteiger partial charge is 0.491 e. The Morgan fingerprint density at radius 1 is 1.41 bits per heavy atom. The minimum Gasteiger partial charge on any atom is -0.491 e. The van der Waals surface area contributed by atoms with E-state index in [-0.39, 0.29) is 18.2 Å². The van der Waals surface area contributed by atoms with E-state index in [0.717, 1.165) is 12.0 Å². The topological polar surface area (TPSA) is 75.7 Å². The molecule has 0 saturated carbocycles. The van der Waals surface area contributed by atoms with Crippen LogP contribution < -0.4 is 10.1 Å². The second-order valence-corrected chi connectivity index (χ2v) is 7.49. The summed E-state index contributed by atoms with van der Waals surface area (Å²) in [6.45, 7) is 4.77. The fourth-order valence-corrected chi connectivity index (χ4v) is 3.76. The molecule has 2 rings (SSSR count). The smallest absolute Gasteiger partial charge is 0.239 e. The average Bonchev–Trinajstić information content (AvgIpc) is 2.78. The number of benzene rings is 1. The molecule has 1 aromatic rings. The van der Waals surface area contributed by atoms with Gasteiger partial charge < -0.3 is 10.1 Å². The molecule has 122 valence electrons. The van der Waals surface area contributed by atoms with Gasteiger partial charge in [-0.15, -0.1) is 0 Å². The summed E-state index contributed by atoms with van der Waals surface area (Å²) >= 11 is 0. The van der Waals surface area contributed by atoms with Gasteiger partial charge in [-0.2, -0.15) is 4.31 Å². The van der Waals surface area contributed by atoms with Crippen LogP contribution in [-0.2, 0) is 14.8 Å². The van der Waals surface area contributed by atoms with Gasteiger partial charge in [0.15, 0.2) is 0 Å². The molecule has 1 amide bonds. The molecule has 6 nitrogen and oxygen atoms in total. The molecule has 0 radical (unpaired) electrons. The van der Waals surface area contributed by atoms with Crippen LogP contribution in [0, 0.1) is 6.92 Å². The number of hydrogen-bond acceptors (Lipinski definition) is 4. The first kappa shape index (κ1) is 16.8. The maximum Gasteiger partial charge on any atom is 0.239 e. The Morgan fingerprint density at radius 2 is 2.18 bits per heavy atom. The third-order valence-corrected chi connectivity index (χ3v) is 5.30. The highest BCUT2D eigenvalue weighted by Gasteiger charge is 2.29. The van der Waals surface area contributed by atoms with Crippen LogP contribution >= 0.6 is 0 Å². The summed E-state index contributed by atoms with van der Waals surface area (Å²) in [5.74, 6) is 0.380. The zero-order valence-electron chi connectivity index (χ0n) is 13.0. The van der Waals surface area contributed by atoms with Gasteiger partial charge in [0.05, 0.1) is 24.6 Å². The summed E-state index contributed by atoms with van der Waals surface area (Å²) in [6, 6.07) is 5.51. The van der Waals surface area contributed by atoms with Crippen molar-refractivity contribution in [2.75, 3.05) is 30.8 Å². The summed E-state index contributed by atoms with van der Waals surface area (Å²) in [5, 5.41) is 2.74. The molecular weight excluding hydrogens is 304 g/mol. The van der Waals surface area contributed by atoms with Crippen LogP contribution in [-0.4, -0.2) is 44.1 Å². The third kappa shape index (κ3) is 4.20. The molecule has 0 unspecified atom stereocenters. The van der Waals surface area contributed by atoms with Crippen molar-refractivity contribution in [2.24, 2.45) is 0 Å². The van der Waals surface area contributed by atoms with E-state index in [1.54, 1.807) is 6.07 Å². The standard InChI is InChI=1S/C15H22N2O4S/c1-3-8-21-14-10-12(2)5-6-13(14)16-15(18)11-17-7-4-9-22(17,19)20/h5-6,10H,3-4,7-9,11H2,1-2H3,(H,16,18). The Kier molecular flexibility index (Phi) is 5.42. The van der Waals surface area contributed by atoms with Gasteiger partial charge in [-0.25, -0.2) is 8.42 Å². The van der Waals surface area contributed by atoms with Gasteiger partial charge in [-0.1, -0.05) is 13.0 Å². The molecule has 1 aliphatic rings. The number of anilines is 1. The number of rotatable bonds is 6. The lowest BCUT2D eigenvalue weighted by Gasteiger charge is -2.16. The van der Waals surface area contributed by atoms with E-state index in [2.05, 4.69) is 5.32 Å². The number of nitrogens with one attached hydrogen (secondary N) is 1. The van der Waals surface area contributed by atoms with Crippen molar-refractivity contribution in [3.8, 4) is 5.75 Å². The second kappa shape index (κ2) is 7.11. The summed E-state index contributed by atoms with van der Waals surface area (Å²) in [7, 11) is -3.26. The lowest BCUT2D eigenvalue weighted by atomic mass is 10.2. The maximum atomic E-state index is 12.1. The first-order valence-electron chi connectivity index (χ1n) is 7.43. The van der Waals surface area contributed by atoms with Crippen molar-refractivity contribution in [2.45, 2.75) is 26.7 Å². The molecular formula is C15H22N2O4S. The van der Waals surface area contributed by atoms with Crippen LogP contribution in [0.25, 0.3) is 0 Å². The molecule has 1 saturated heterocycles. The van der Waals surface area contributed by atoms with Crippen molar-refractivity contribution in [3.63, 3.8) is 0 Å². The van der Waals surface area contributed by atoms with Crippen LogP contribution in [0.5, 0.6) is 5.75 Å². The molecule has 7 heteroatoms. The lowest BCUT2D eigenvalue weighted by Crippen LogP contribution is -2.34. The number of carbonyl (C=O) groups excluding carboxylic acids is 1. The normalized spacial score (nSPS) is 17.4. The molecule has 22 heavy (non-hydrogen) atoms. The molecule has 1 heterocycles. The van der Waals surface area contributed by atoms with Crippen LogP contribution in [0.2, 0.25) is 0 Å². The van der Waals surface area contributed by atoms with E-state index in [1.165, 1.54) is 4.31 Å². The molecule has 0 aromatic heterocycles. The van der Waals surface area contributed by atoms with E-state index in [1.807, 2.05) is 26.0 Å². The predicted molar refractivity (Wildman–Crippen MR) is 85.6 cm³/mol. The number of sulfonamides is 1. The van der Waals surface area contributed by atoms with Gasteiger partial charge in [-0.3, -0.25) is 4.79 Å². The first-order chi connectivity index (χ1) is 10.4. The zero-order valence-corrected chi connectivity index (χ0v) is 13.8. The molecule has 1 fully saturated rings. The Balaban J connectivity index is 2.05. The summed E-state index contributed by atoms with van der Waals surface area (Å²) in [4.78, 5) is 12.1. The summed E-state index contributed by atoms with van der Waals surface area (Å²) in [5.41, 5.74) is 1.60. The van der Waals surface area contributed by atoms with Crippen molar-refractivity contribution in [3.05, 3.63) is 23.8 Å². The number of amides is 1. The Labute approximate surface area is 131 Å². The van der Waals surface area contributed by atoms with Crippen molar-refractivity contribution >= 4 is 21.6 Å². The predicted octanol–water partition coefficient (Wildman–Crippen LogP) is 1.76. The Morgan fingerprint density at radius 3 is 2.82 bits per heavy atom. The first-order valence-corrected chi connectivity index (χ1v) is 9.04. The Hall–Kier alpha value is -1.60. The van der Waals surface area contributed by atoms with Crippen LogP contribution in [0.15, 0.2) is 18.2 Å². The van der Waals surface area contributed by atoms with E-state index >= 15 is 0 Å². The molecule has 0 aliphatic carbocycles. The molecule has 1 aromatic carbocycles. The number of carbonyl (C=O) groups is 1.